The third-order valence-electron chi connectivity index (χ3n) is 3.12. The van der Waals surface area contributed by atoms with E-state index in [1.54, 1.807) is 18.2 Å². The van der Waals surface area contributed by atoms with Crippen LogP contribution in [0.1, 0.15) is 40.1 Å². The van der Waals surface area contributed by atoms with E-state index in [0.717, 1.165) is 10.5 Å². The zero-order valence-electron chi connectivity index (χ0n) is 10.6. The Balaban J connectivity index is 2.49. The molecule has 0 saturated carbocycles. The monoisotopic (exact) mass is 242 g/mol. The van der Waals surface area contributed by atoms with Gasteiger partial charge >= 0.3 is 0 Å². The molecule has 18 heavy (non-hydrogen) atoms. The summed E-state index contributed by atoms with van der Waals surface area (Å²) in [6, 6.07) is 6.47. The van der Waals surface area contributed by atoms with Gasteiger partial charge in [-0.3, -0.25) is 14.5 Å². The van der Waals surface area contributed by atoms with Gasteiger partial charge in [-0.15, -0.1) is 0 Å². The molecule has 1 aromatic carbocycles. The van der Waals surface area contributed by atoms with Crippen LogP contribution in [-0.4, -0.2) is 22.8 Å². The maximum absolute atomic E-state index is 12.2. The molecule has 2 rings (SSSR count). The molecule has 1 unspecified atom stereocenters. The van der Waals surface area contributed by atoms with Gasteiger partial charge in [-0.25, -0.2) is 0 Å². The van der Waals surface area contributed by atoms with Crippen LogP contribution in [0.3, 0.4) is 0 Å². The van der Waals surface area contributed by atoms with Crippen LogP contribution < -0.4 is 0 Å². The highest BCUT2D eigenvalue weighted by molar-refractivity contribution is 6.21. The van der Waals surface area contributed by atoms with Crippen molar-refractivity contribution < 1.29 is 9.59 Å². The van der Waals surface area contributed by atoms with Crippen LogP contribution in [0.2, 0.25) is 0 Å². The fourth-order valence-electron chi connectivity index (χ4n) is 2.13. The first kappa shape index (κ1) is 12.3. The van der Waals surface area contributed by atoms with E-state index in [0.29, 0.717) is 11.1 Å². The number of rotatable bonds is 2. The lowest BCUT2D eigenvalue weighted by Gasteiger charge is -2.22. The van der Waals surface area contributed by atoms with Crippen molar-refractivity contribution in [3.63, 3.8) is 0 Å². The highest BCUT2D eigenvalue weighted by atomic mass is 16.2. The number of carbonyl (C=O) groups excluding carboxylic acids is 2. The van der Waals surface area contributed by atoms with Crippen molar-refractivity contribution in [2.24, 2.45) is 5.92 Å². The van der Waals surface area contributed by atoms with E-state index in [1.807, 2.05) is 26.8 Å². The first-order valence-electron chi connectivity index (χ1n) is 5.85. The number of nitriles is 1. The Morgan fingerprint density at radius 2 is 1.78 bits per heavy atom. The van der Waals surface area contributed by atoms with E-state index in [9.17, 15) is 9.59 Å². The lowest BCUT2D eigenvalue weighted by atomic mass is 10.0. The first-order chi connectivity index (χ1) is 8.47. The molecule has 1 heterocycles. The number of hydrogen-bond donors (Lipinski definition) is 0. The molecule has 0 fully saturated rings. The van der Waals surface area contributed by atoms with Crippen molar-refractivity contribution in [3.05, 3.63) is 34.9 Å². The number of hydrogen-bond acceptors (Lipinski definition) is 3. The highest BCUT2D eigenvalue weighted by Crippen LogP contribution is 2.27. The molecule has 0 spiro atoms. The molecule has 92 valence electrons. The minimum Gasteiger partial charge on any atom is -0.269 e. The Hall–Kier alpha value is -2.15. The highest BCUT2D eigenvalue weighted by Gasteiger charge is 2.41. The van der Waals surface area contributed by atoms with Crippen LogP contribution in [0.5, 0.6) is 0 Å². The van der Waals surface area contributed by atoms with Crippen molar-refractivity contribution in [1.82, 2.24) is 4.90 Å². The first-order valence-corrected chi connectivity index (χ1v) is 5.85. The minimum absolute atomic E-state index is 0.0849. The second kappa shape index (κ2) is 4.26. The van der Waals surface area contributed by atoms with E-state index in [1.165, 1.54) is 0 Å². The van der Waals surface area contributed by atoms with Gasteiger partial charge < -0.3 is 0 Å². The molecule has 1 atom stereocenters. The summed E-state index contributed by atoms with van der Waals surface area (Å²) in [6.45, 7) is 5.51. The predicted octanol–water partition coefficient (Wildman–Crippen LogP) is 2.14. The molecular weight excluding hydrogens is 228 g/mol. The Bertz CT molecular complexity index is 570. The van der Waals surface area contributed by atoms with Gasteiger partial charge in [0.05, 0.1) is 17.2 Å². The Labute approximate surface area is 106 Å². The zero-order valence-corrected chi connectivity index (χ0v) is 10.6. The largest absolute Gasteiger partial charge is 0.269 e. The van der Waals surface area contributed by atoms with Crippen molar-refractivity contribution in [2.75, 3.05) is 0 Å². The summed E-state index contributed by atoms with van der Waals surface area (Å²) in [4.78, 5) is 25.5. The Morgan fingerprint density at radius 1 is 1.17 bits per heavy atom. The fourth-order valence-corrected chi connectivity index (χ4v) is 2.13. The molecule has 1 aliphatic heterocycles. The molecule has 4 heteroatoms. The van der Waals surface area contributed by atoms with Gasteiger partial charge in [0.2, 0.25) is 0 Å². The van der Waals surface area contributed by atoms with E-state index < -0.39 is 6.04 Å². The van der Waals surface area contributed by atoms with Gasteiger partial charge in [0, 0.05) is 0 Å². The number of benzene rings is 1. The second-order valence-corrected chi connectivity index (χ2v) is 4.85. The summed E-state index contributed by atoms with van der Waals surface area (Å²) in [7, 11) is 0. The maximum atomic E-state index is 12.2. The van der Waals surface area contributed by atoms with Crippen molar-refractivity contribution in [2.45, 2.75) is 26.8 Å². The van der Waals surface area contributed by atoms with Gasteiger partial charge in [0.1, 0.15) is 6.04 Å². The Morgan fingerprint density at radius 3 is 2.33 bits per heavy atom. The number of nitrogens with zero attached hydrogens (tertiary/aromatic N) is 2. The van der Waals surface area contributed by atoms with Crippen molar-refractivity contribution in [3.8, 4) is 6.07 Å². The van der Waals surface area contributed by atoms with E-state index in [-0.39, 0.29) is 17.7 Å². The third-order valence-corrected chi connectivity index (χ3v) is 3.12. The topological polar surface area (TPSA) is 61.2 Å². The van der Waals surface area contributed by atoms with Crippen LogP contribution in [0.15, 0.2) is 18.2 Å². The number of aryl methyl sites for hydroxylation is 1. The maximum Gasteiger partial charge on any atom is 0.262 e. The van der Waals surface area contributed by atoms with E-state index in [2.05, 4.69) is 0 Å². The van der Waals surface area contributed by atoms with Gasteiger partial charge in [-0.2, -0.15) is 5.26 Å². The van der Waals surface area contributed by atoms with Crippen LogP contribution in [0.4, 0.5) is 0 Å². The summed E-state index contributed by atoms with van der Waals surface area (Å²) in [6.07, 6.45) is 0. The zero-order chi connectivity index (χ0) is 13.4. The van der Waals surface area contributed by atoms with E-state index in [4.69, 9.17) is 5.26 Å². The third kappa shape index (κ3) is 1.68. The summed E-state index contributed by atoms with van der Waals surface area (Å²) >= 11 is 0. The molecular formula is C14H14N2O2. The SMILES string of the molecule is Cc1ccc2c(c1)C(=O)N(C(C#N)C(C)C)C2=O. The second-order valence-electron chi connectivity index (χ2n) is 4.85. The molecule has 2 amide bonds. The standard InChI is InChI=1S/C14H14N2O2/c1-8(2)12(7-15)16-13(17)10-5-4-9(3)6-11(10)14(16)18/h4-6,8,12H,1-3H3. The lowest BCUT2D eigenvalue weighted by Crippen LogP contribution is -2.42. The van der Waals surface area contributed by atoms with Gasteiger partial charge in [0.25, 0.3) is 11.8 Å². The lowest BCUT2D eigenvalue weighted by molar-refractivity contribution is 0.0588. The average molecular weight is 242 g/mol. The van der Waals surface area contributed by atoms with Crippen molar-refractivity contribution >= 4 is 11.8 Å². The molecule has 0 aliphatic carbocycles. The molecule has 0 aromatic heterocycles. The predicted molar refractivity (Wildman–Crippen MR) is 65.9 cm³/mol. The quantitative estimate of drug-likeness (QED) is 0.746. The van der Waals surface area contributed by atoms with Crippen LogP contribution in [-0.2, 0) is 0 Å². The number of fused-ring (bicyclic) bond motifs is 1. The molecule has 1 aromatic rings. The van der Waals surface area contributed by atoms with Crippen LogP contribution in [0.25, 0.3) is 0 Å². The average Bonchev–Trinajstić information content (AvgIpc) is 2.55. The van der Waals surface area contributed by atoms with Crippen LogP contribution >= 0.6 is 0 Å². The molecule has 1 aliphatic rings. The summed E-state index contributed by atoms with van der Waals surface area (Å²) in [5.74, 6) is -0.812. The summed E-state index contributed by atoms with van der Waals surface area (Å²) < 4.78 is 0. The van der Waals surface area contributed by atoms with Gasteiger partial charge in [-0.05, 0) is 25.0 Å². The number of amides is 2. The molecule has 0 N–H and O–H groups in total. The normalized spacial score (nSPS) is 15.8. The van der Waals surface area contributed by atoms with Gasteiger partial charge in [-0.1, -0.05) is 25.5 Å². The van der Waals surface area contributed by atoms with Gasteiger partial charge in [0.15, 0.2) is 0 Å². The number of carbonyl (C=O) groups is 2. The summed E-state index contributed by atoms with van der Waals surface area (Å²) in [5, 5.41) is 9.13. The van der Waals surface area contributed by atoms with Crippen LogP contribution in [0, 0.1) is 24.2 Å². The molecule has 0 radical (unpaired) electrons. The molecule has 0 saturated heterocycles. The minimum atomic E-state index is -0.710. The molecule has 0 bridgehead atoms. The van der Waals surface area contributed by atoms with Crippen molar-refractivity contribution in [1.29, 1.82) is 5.26 Å². The van der Waals surface area contributed by atoms with E-state index >= 15 is 0 Å². The molecule has 4 nitrogen and oxygen atoms in total. The number of imide groups is 1. The smallest absolute Gasteiger partial charge is 0.262 e. The Kier molecular flexibility index (Phi) is 2.92. The fraction of sp³-hybridized carbons (Fsp3) is 0.357. The summed E-state index contributed by atoms with van der Waals surface area (Å²) in [5.41, 5.74) is 1.72.